The summed E-state index contributed by atoms with van der Waals surface area (Å²) in [4.78, 5) is 6.58. The first kappa shape index (κ1) is 13.9. The summed E-state index contributed by atoms with van der Waals surface area (Å²) in [5.74, 6) is 0.924. The lowest BCUT2D eigenvalue weighted by molar-refractivity contribution is -0.141. The van der Waals surface area contributed by atoms with E-state index >= 15 is 0 Å². The minimum absolute atomic E-state index is 0.281. The molecule has 0 atom stereocenters. The molecule has 1 fully saturated rings. The van der Waals surface area contributed by atoms with Gasteiger partial charge in [0.15, 0.2) is 5.69 Å². The number of alkyl halides is 3. The van der Waals surface area contributed by atoms with Crippen LogP contribution in [0.2, 0.25) is 0 Å². The van der Waals surface area contributed by atoms with E-state index < -0.39 is 11.9 Å². The molecule has 7 heteroatoms. The van der Waals surface area contributed by atoms with Crippen molar-refractivity contribution in [2.24, 2.45) is 0 Å². The molecule has 112 valence electrons. The maximum Gasteiger partial charge on any atom is 0.435 e. The van der Waals surface area contributed by atoms with Crippen molar-refractivity contribution in [3.8, 4) is 0 Å². The molecule has 21 heavy (non-hydrogen) atoms. The van der Waals surface area contributed by atoms with Crippen molar-refractivity contribution >= 4 is 5.82 Å². The van der Waals surface area contributed by atoms with Crippen molar-refractivity contribution in [1.29, 1.82) is 0 Å². The Labute approximate surface area is 120 Å². The predicted octanol–water partition coefficient (Wildman–Crippen LogP) is 2.95. The second-order valence-corrected chi connectivity index (χ2v) is 5.12. The molecule has 0 amide bonds. The first-order chi connectivity index (χ1) is 10.0. The van der Waals surface area contributed by atoms with Gasteiger partial charge in [-0.15, -0.1) is 0 Å². The Kier molecular flexibility index (Phi) is 3.57. The predicted molar refractivity (Wildman–Crippen MR) is 72.0 cm³/mol. The number of hydrogen-bond acceptors (Lipinski definition) is 3. The first-order valence-electron chi connectivity index (χ1n) is 6.83. The fourth-order valence-corrected chi connectivity index (χ4v) is 2.43. The molecule has 2 aromatic rings. The average Bonchev–Trinajstić information content (AvgIpc) is 3.09. The summed E-state index contributed by atoms with van der Waals surface area (Å²) >= 11 is 0. The Morgan fingerprint density at radius 1 is 1.10 bits per heavy atom. The van der Waals surface area contributed by atoms with Crippen LogP contribution in [0.5, 0.6) is 0 Å². The molecule has 0 unspecified atom stereocenters. The fraction of sp³-hybridized carbons (Fsp3) is 0.429. The minimum atomic E-state index is -4.40. The van der Waals surface area contributed by atoms with E-state index in [0.29, 0.717) is 0 Å². The number of hydrogen-bond donors (Lipinski definition) is 0. The number of nitrogens with zero attached hydrogens (tertiary/aromatic N) is 4. The van der Waals surface area contributed by atoms with Crippen LogP contribution < -0.4 is 4.90 Å². The molecular weight excluding hydrogens is 281 g/mol. The van der Waals surface area contributed by atoms with Gasteiger partial charge in [0.1, 0.15) is 5.82 Å². The molecule has 0 aromatic carbocycles. The monoisotopic (exact) mass is 296 g/mol. The Balaban J connectivity index is 1.69. The fourth-order valence-electron chi connectivity index (χ4n) is 2.43. The van der Waals surface area contributed by atoms with Crippen molar-refractivity contribution < 1.29 is 13.2 Å². The highest BCUT2D eigenvalue weighted by molar-refractivity contribution is 5.40. The van der Waals surface area contributed by atoms with E-state index in [9.17, 15) is 13.2 Å². The number of rotatable bonds is 3. The van der Waals surface area contributed by atoms with Crippen LogP contribution in [0.4, 0.5) is 19.0 Å². The Hall–Kier alpha value is -2.05. The molecule has 0 bridgehead atoms. The number of aromatic nitrogens is 3. The highest BCUT2D eigenvalue weighted by atomic mass is 19.4. The highest BCUT2D eigenvalue weighted by Gasteiger charge is 2.33. The molecule has 3 heterocycles. The number of halogens is 3. The van der Waals surface area contributed by atoms with E-state index in [-0.39, 0.29) is 6.54 Å². The zero-order chi connectivity index (χ0) is 14.9. The van der Waals surface area contributed by atoms with Gasteiger partial charge in [0.05, 0.1) is 6.54 Å². The topological polar surface area (TPSA) is 34.0 Å². The molecule has 0 radical (unpaired) electrons. The van der Waals surface area contributed by atoms with E-state index in [1.54, 1.807) is 6.20 Å². The third-order valence-electron chi connectivity index (χ3n) is 3.51. The molecule has 0 spiro atoms. The van der Waals surface area contributed by atoms with Gasteiger partial charge in [0, 0.05) is 25.5 Å². The lowest BCUT2D eigenvalue weighted by Crippen LogP contribution is -2.18. The zero-order valence-corrected chi connectivity index (χ0v) is 11.3. The molecule has 2 aromatic heterocycles. The van der Waals surface area contributed by atoms with Crippen molar-refractivity contribution in [1.82, 2.24) is 14.8 Å². The largest absolute Gasteiger partial charge is 0.435 e. The Bertz CT molecular complexity index is 597. The van der Waals surface area contributed by atoms with Crippen molar-refractivity contribution in [2.75, 3.05) is 18.0 Å². The van der Waals surface area contributed by atoms with Gasteiger partial charge in [-0.3, -0.25) is 4.68 Å². The summed E-state index contributed by atoms with van der Waals surface area (Å²) in [7, 11) is 0. The molecule has 1 aliphatic heterocycles. The summed E-state index contributed by atoms with van der Waals surface area (Å²) in [5.41, 5.74) is -0.0427. The maximum atomic E-state index is 12.5. The maximum absolute atomic E-state index is 12.5. The minimum Gasteiger partial charge on any atom is -0.357 e. The van der Waals surface area contributed by atoms with Crippen molar-refractivity contribution in [3.05, 3.63) is 41.9 Å². The van der Waals surface area contributed by atoms with Crippen molar-refractivity contribution in [3.63, 3.8) is 0 Å². The lowest BCUT2D eigenvalue weighted by atomic mass is 10.3. The third-order valence-corrected chi connectivity index (χ3v) is 3.51. The van der Waals surface area contributed by atoms with Crippen LogP contribution >= 0.6 is 0 Å². The number of anilines is 1. The van der Waals surface area contributed by atoms with Crippen LogP contribution in [-0.2, 0) is 12.7 Å². The van der Waals surface area contributed by atoms with E-state index in [1.165, 1.54) is 23.7 Å². The standard InChI is InChI=1S/C14H15F3N4/c15-14(16,17)12-5-8-21(19-12)10-11-3-4-13(18-9-11)20-6-1-2-7-20/h3-5,8-9H,1-2,6-7,10H2. The van der Waals surface area contributed by atoms with Crippen molar-refractivity contribution in [2.45, 2.75) is 25.6 Å². The van der Waals surface area contributed by atoms with Gasteiger partial charge < -0.3 is 4.90 Å². The average molecular weight is 296 g/mol. The molecule has 0 saturated carbocycles. The zero-order valence-electron chi connectivity index (χ0n) is 11.3. The van der Waals surface area contributed by atoms with Gasteiger partial charge in [-0.2, -0.15) is 18.3 Å². The van der Waals surface area contributed by atoms with E-state index in [1.807, 2.05) is 12.1 Å². The molecule has 1 saturated heterocycles. The second-order valence-electron chi connectivity index (χ2n) is 5.12. The van der Waals surface area contributed by atoms with Gasteiger partial charge in [0.25, 0.3) is 0 Å². The van der Waals surface area contributed by atoms with Crippen LogP contribution in [0.25, 0.3) is 0 Å². The van der Waals surface area contributed by atoms with Gasteiger partial charge in [-0.25, -0.2) is 4.98 Å². The van der Waals surface area contributed by atoms with Crippen LogP contribution in [-0.4, -0.2) is 27.9 Å². The summed E-state index contributed by atoms with van der Waals surface area (Å²) in [6, 6.07) is 4.77. The lowest BCUT2D eigenvalue weighted by Gasteiger charge is -2.16. The molecule has 4 nitrogen and oxygen atoms in total. The van der Waals surface area contributed by atoms with Crippen LogP contribution in [0.1, 0.15) is 24.1 Å². The van der Waals surface area contributed by atoms with Crippen LogP contribution in [0.3, 0.4) is 0 Å². The Morgan fingerprint density at radius 2 is 1.86 bits per heavy atom. The first-order valence-corrected chi connectivity index (χ1v) is 6.83. The van der Waals surface area contributed by atoms with Gasteiger partial charge in [0.2, 0.25) is 0 Å². The molecule has 0 N–H and O–H groups in total. The molecule has 0 aliphatic carbocycles. The quantitative estimate of drug-likeness (QED) is 0.873. The van der Waals surface area contributed by atoms with E-state index in [2.05, 4.69) is 15.0 Å². The summed E-state index contributed by atoms with van der Waals surface area (Å²) in [6.45, 7) is 2.31. The normalized spacial score (nSPS) is 15.7. The molecular formula is C14H15F3N4. The molecule has 3 rings (SSSR count). The van der Waals surface area contributed by atoms with Crippen LogP contribution in [0, 0.1) is 0 Å². The SMILES string of the molecule is FC(F)(F)c1ccn(Cc2ccc(N3CCCC3)nc2)n1. The second kappa shape index (κ2) is 5.38. The van der Waals surface area contributed by atoms with Gasteiger partial charge in [-0.05, 0) is 30.5 Å². The Morgan fingerprint density at radius 3 is 2.43 bits per heavy atom. The third kappa shape index (κ3) is 3.17. The van der Waals surface area contributed by atoms with Crippen LogP contribution in [0.15, 0.2) is 30.6 Å². The smallest absolute Gasteiger partial charge is 0.357 e. The number of pyridine rings is 1. The van der Waals surface area contributed by atoms with E-state index in [0.717, 1.165) is 30.5 Å². The summed E-state index contributed by atoms with van der Waals surface area (Å²) in [6.07, 6.45) is 0.983. The van der Waals surface area contributed by atoms with Gasteiger partial charge in [-0.1, -0.05) is 6.07 Å². The molecule has 1 aliphatic rings. The van der Waals surface area contributed by atoms with E-state index in [4.69, 9.17) is 0 Å². The summed E-state index contributed by atoms with van der Waals surface area (Å²) < 4.78 is 38.7. The summed E-state index contributed by atoms with van der Waals surface area (Å²) in [5, 5.41) is 3.53. The highest BCUT2D eigenvalue weighted by Crippen LogP contribution is 2.27. The van der Waals surface area contributed by atoms with Gasteiger partial charge >= 0.3 is 6.18 Å².